The predicted molar refractivity (Wildman–Crippen MR) is 170 cm³/mol. The number of hydrogen-bond acceptors (Lipinski definition) is 21. The molecule has 12 N–H and O–H groups in total. The second-order valence-electron chi connectivity index (χ2n) is 11.4. The first-order valence-electron chi connectivity index (χ1n) is 14.8. The van der Waals surface area contributed by atoms with E-state index in [0.717, 1.165) is 22.7 Å². The molecule has 0 bridgehead atoms. The minimum Gasteiger partial charge on any atom is -0.387 e. The fourth-order valence-corrected chi connectivity index (χ4v) is 9.16. The summed E-state index contributed by atoms with van der Waals surface area (Å²) in [4.78, 5) is 70.9. The molecule has 0 spiro atoms. The molecule has 0 saturated carbocycles. The molecule has 6 heterocycles. The Kier molecular flexibility index (Phi) is 10.6. The van der Waals surface area contributed by atoms with E-state index in [2.05, 4.69) is 43.2 Å². The Hall–Kier alpha value is -3.53. The third-order valence-electron chi connectivity index (χ3n) is 7.86. The van der Waals surface area contributed by atoms with Gasteiger partial charge >= 0.3 is 23.5 Å². The molecule has 2 aliphatic heterocycles. The average molecular weight is 816 g/mol. The molecule has 5 unspecified atom stereocenters. The van der Waals surface area contributed by atoms with Gasteiger partial charge < -0.3 is 55.7 Å². The lowest BCUT2D eigenvalue weighted by molar-refractivity contribution is -0.0575. The average Bonchev–Trinajstić information content (AvgIpc) is 3.76. The van der Waals surface area contributed by atoms with Gasteiger partial charge in [0.1, 0.15) is 42.0 Å². The number of imidazole rings is 1. The summed E-state index contributed by atoms with van der Waals surface area (Å²) in [6, 6.07) is 0. The van der Waals surface area contributed by atoms with Crippen LogP contribution in [0.3, 0.4) is 0 Å². The van der Waals surface area contributed by atoms with Crippen molar-refractivity contribution in [3.05, 3.63) is 32.7 Å². The van der Waals surface area contributed by atoms with Crippen LogP contribution in [-0.4, -0.2) is 126 Å². The van der Waals surface area contributed by atoms with E-state index in [-0.39, 0.29) is 39.8 Å². The quantitative estimate of drug-likeness (QED) is 0.0600. The summed E-state index contributed by atoms with van der Waals surface area (Å²) in [5, 5.41) is 36.1. The first-order chi connectivity index (χ1) is 24.7. The van der Waals surface area contributed by atoms with Gasteiger partial charge in [-0.15, -0.1) is 0 Å². The van der Waals surface area contributed by atoms with Gasteiger partial charge in [0.05, 0.1) is 25.2 Å². The maximum Gasteiger partial charge on any atom is 0.490 e. The van der Waals surface area contributed by atoms with Crippen molar-refractivity contribution in [1.82, 2.24) is 39.3 Å². The van der Waals surface area contributed by atoms with Gasteiger partial charge in [-0.05, 0) is 6.92 Å². The molecule has 0 radical (unpaired) electrons. The lowest BCUT2D eigenvalue weighted by atomic mass is 10.1. The number of fused-ring (bicyclic) bond motifs is 2. The largest absolute Gasteiger partial charge is 0.490 e. The standard InChI is InChI=1S/C22H31N10O18P3/c1-6-9-15(26-21(23)28-17(9)36)32(30-6)20-13(35)14(44-2)8(48-20)4-46-52(40,41)50-53(42,43)49-51(38,39)45-3-7-11(33)12(34)19(47-7)31-5-25-10-16(31)27-22(24)29-18(10)37/h5,7-8,11-14,19-20,33-35H,3-4H2,1-2H3,(H,38,39)(H,40,41)(H,42,43)(H3,23,26,28,36)(H3,24,27,29,37)/t7-,8-,11?,12+,13+,14?,19-,20-/m1/s1. The summed E-state index contributed by atoms with van der Waals surface area (Å²) in [5.74, 6) is -0.577. The fourth-order valence-electron chi connectivity index (χ4n) is 5.64. The van der Waals surface area contributed by atoms with Crippen LogP contribution in [0.25, 0.3) is 22.2 Å². The summed E-state index contributed by atoms with van der Waals surface area (Å²) < 4.78 is 73.6. The highest BCUT2D eigenvalue weighted by atomic mass is 31.3. The number of aromatic nitrogens is 8. The van der Waals surface area contributed by atoms with E-state index < -0.39 is 96.9 Å². The van der Waals surface area contributed by atoms with Gasteiger partial charge in [0, 0.05) is 7.11 Å². The molecule has 2 saturated heterocycles. The Labute approximate surface area is 293 Å². The number of nitrogens with one attached hydrogen (secondary N) is 2. The van der Waals surface area contributed by atoms with Crippen molar-refractivity contribution in [3.63, 3.8) is 0 Å². The zero-order chi connectivity index (χ0) is 38.8. The van der Waals surface area contributed by atoms with Crippen LogP contribution in [-0.2, 0) is 45.6 Å². The number of nitrogens with two attached hydrogens (primary N) is 2. The molecule has 31 heteroatoms. The first-order valence-corrected chi connectivity index (χ1v) is 19.2. The van der Waals surface area contributed by atoms with Crippen molar-refractivity contribution in [1.29, 1.82) is 0 Å². The molecule has 4 aromatic rings. The third kappa shape index (κ3) is 7.85. The third-order valence-corrected chi connectivity index (χ3v) is 12.1. The van der Waals surface area contributed by atoms with E-state index in [4.69, 9.17) is 30.2 Å². The van der Waals surface area contributed by atoms with Crippen LogP contribution in [0.2, 0.25) is 0 Å². The van der Waals surface area contributed by atoms with Crippen molar-refractivity contribution in [2.75, 3.05) is 31.8 Å². The highest BCUT2D eigenvalue weighted by molar-refractivity contribution is 7.66. The first kappa shape index (κ1) is 39.2. The summed E-state index contributed by atoms with van der Waals surface area (Å²) in [6.45, 7) is -0.575. The highest BCUT2D eigenvalue weighted by Crippen LogP contribution is 2.68. The number of aliphatic hydroxyl groups is 3. The number of methoxy groups -OCH3 is 1. The summed E-state index contributed by atoms with van der Waals surface area (Å²) >= 11 is 0. The number of phosphoric acid groups is 3. The van der Waals surface area contributed by atoms with Crippen LogP contribution < -0.4 is 22.6 Å². The van der Waals surface area contributed by atoms with Crippen LogP contribution in [0.4, 0.5) is 11.9 Å². The van der Waals surface area contributed by atoms with Gasteiger partial charge in [-0.2, -0.15) is 23.7 Å². The number of nitrogens with zero attached hydrogens (tertiary/aromatic N) is 6. The number of aryl methyl sites for hydroxylation is 1. The van der Waals surface area contributed by atoms with Crippen molar-refractivity contribution >= 4 is 57.6 Å². The lowest BCUT2D eigenvalue weighted by Crippen LogP contribution is -2.35. The van der Waals surface area contributed by atoms with E-state index >= 15 is 0 Å². The number of ether oxygens (including phenoxy) is 3. The molecule has 2 aliphatic rings. The zero-order valence-corrected chi connectivity index (χ0v) is 29.6. The minimum absolute atomic E-state index is 0.0279. The molecule has 0 aromatic carbocycles. The molecule has 6 rings (SSSR count). The van der Waals surface area contributed by atoms with Crippen molar-refractivity contribution in [2.24, 2.45) is 0 Å². The molecular formula is C22H31N10O18P3. The summed E-state index contributed by atoms with van der Waals surface area (Å²) in [5.41, 5.74) is 9.61. The van der Waals surface area contributed by atoms with E-state index in [1.165, 1.54) is 6.92 Å². The van der Waals surface area contributed by atoms with Crippen molar-refractivity contribution in [2.45, 2.75) is 56.0 Å². The number of anilines is 2. The van der Waals surface area contributed by atoms with Crippen LogP contribution >= 0.6 is 23.5 Å². The Morgan fingerprint density at radius 2 is 1.40 bits per heavy atom. The van der Waals surface area contributed by atoms with Crippen molar-refractivity contribution < 1.29 is 75.6 Å². The number of rotatable bonds is 13. The van der Waals surface area contributed by atoms with Gasteiger partial charge in [-0.3, -0.25) is 33.2 Å². The molecule has 2 fully saturated rings. The minimum atomic E-state index is -5.98. The number of phosphoric ester groups is 2. The van der Waals surface area contributed by atoms with E-state index in [9.17, 15) is 53.3 Å². The summed E-state index contributed by atoms with van der Waals surface area (Å²) in [7, 11) is -16.2. The van der Waals surface area contributed by atoms with Crippen molar-refractivity contribution in [3.8, 4) is 0 Å². The molecule has 4 aromatic heterocycles. The highest BCUT2D eigenvalue weighted by Gasteiger charge is 2.50. The molecule has 53 heavy (non-hydrogen) atoms. The monoisotopic (exact) mass is 816 g/mol. The number of nitrogen functional groups attached to an aromatic ring is 2. The Balaban J connectivity index is 1.06. The van der Waals surface area contributed by atoms with Gasteiger partial charge in [-0.1, -0.05) is 0 Å². The Bertz CT molecular complexity index is 2300. The molecule has 0 aliphatic carbocycles. The number of aromatic amines is 2. The molecule has 11 atom stereocenters. The fraction of sp³-hybridized carbons (Fsp3) is 0.545. The normalized spacial score (nSPS) is 29.7. The van der Waals surface area contributed by atoms with Gasteiger partial charge in [0.25, 0.3) is 11.1 Å². The van der Waals surface area contributed by atoms with Crippen LogP contribution in [0.5, 0.6) is 0 Å². The lowest BCUT2D eigenvalue weighted by Gasteiger charge is -2.21. The summed E-state index contributed by atoms with van der Waals surface area (Å²) in [6.07, 6.45) is -11.3. The maximum absolute atomic E-state index is 12.6. The molecule has 0 amide bonds. The Morgan fingerprint density at radius 1 is 0.830 bits per heavy atom. The van der Waals surface area contributed by atoms with Crippen LogP contribution in [0, 0.1) is 6.92 Å². The predicted octanol–water partition coefficient (Wildman–Crippen LogP) is -3.01. The van der Waals surface area contributed by atoms with Crippen LogP contribution in [0.1, 0.15) is 18.1 Å². The second-order valence-corrected chi connectivity index (χ2v) is 16.1. The number of hydrogen-bond donors (Lipinski definition) is 10. The SMILES string of the molecule is COC1[C@@H](COP(=O)(O)OP(=O)(O)OP(=O)(O)OC[C@H]2O[C@@H](n3cnc4c(=O)[nH]c(N)nc43)[C@@H](O)C2O)O[C@@H](n2nc(C)c3c(=O)[nH]c(N)nc32)[C@H]1O. The molecule has 292 valence electrons. The van der Waals surface area contributed by atoms with E-state index in [0.29, 0.717) is 0 Å². The second kappa shape index (κ2) is 14.3. The number of H-pyrrole nitrogens is 2. The number of aliphatic hydroxyl groups excluding tert-OH is 3. The molecule has 28 nitrogen and oxygen atoms in total. The van der Waals surface area contributed by atoms with Gasteiger partial charge in [-0.25, -0.2) is 23.4 Å². The Morgan fingerprint density at radius 3 is 2.02 bits per heavy atom. The van der Waals surface area contributed by atoms with E-state index in [1.807, 2.05) is 0 Å². The van der Waals surface area contributed by atoms with Gasteiger partial charge in [0.2, 0.25) is 11.9 Å². The maximum atomic E-state index is 12.6. The van der Waals surface area contributed by atoms with Gasteiger partial charge in [0.15, 0.2) is 29.3 Å². The molecular weight excluding hydrogens is 785 g/mol. The van der Waals surface area contributed by atoms with Crippen LogP contribution in [0.15, 0.2) is 15.9 Å². The zero-order valence-electron chi connectivity index (χ0n) is 26.9. The van der Waals surface area contributed by atoms with E-state index in [1.54, 1.807) is 0 Å². The smallest absolute Gasteiger partial charge is 0.387 e. The topological polar surface area (TPSA) is 416 Å².